The van der Waals surface area contributed by atoms with E-state index in [2.05, 4.69) is 0 Å². The van der Waals surface area contributed by atoms with E-state index in [1.165, 1.54) is 4.31 Å². The number of nitrogens with zero attached hydrogens (tertiary/aromatic N) is 1. The third-order valence-electron chi connectivity index (χ3n) is 3.48. The van der Waals surface area contributed by atoms with Gasteiger partial charge < -0.3 is 9.84 Å². The van der Waals surface area contributed by atoms with Crippen LogP contribution in [0.2, 0.25) is 0 Å². The molecule has 0 aromatic heterocycles. The normalized spacial score (nSPS) is 13.6. The zero-order valence-electron chi connectivity index (χ0n) is 12.9. The van der Waals surface area contributed by atoms with Crippen molar-refractivity contribution in [3.05, 3.63) is 35.4 Å². The Balaban J connectivity index is 2.94. The Morgan fingerprint density at radius 1 is 1.33 bits per heavy atom. The van der Waals surface area contributed by atoms with Gasteiger partial charge in [0, 0.05) is 19.7 Å². The largest absolute Gasteiger partial charge is 0.392 e. The minimum atomic E-state index is -3.41. The highest BCUT2D eigenvalue weighted by Gasteiger charge is 2.26. The first-order valence-electron chi connectivity index (χ1n) is 7.11. The first-order valence-corrected chi connectivity index (χ1v) is 8.72. The number of aliphatic hydroxyl groups is 1. The van der Waals surface area contributed by atoms with Crippen molar-refractivity contribution in [1.29, 1.82) is 0 Å². The zero-order valence-corrected chi connectivity index (χ0v) is 13.8. The van der Waals surface area contributed by atoms with Crippen LogP contribution in [0.1, 0.15) is 31.4 Å². The average molecular weight is 315 g/mol. The lowest BCUT2D eigenvalue weighted by Gasteiger charge is -2.27. The topological polar surface area (TPSA) is 66.8 Å². The molecule has 1 aromatic rings. The Labute approximate surface area is 127 Å². The van der Waals surface area contributed by atoms with Crippen LogP contribution in [0.3, 0.4) is 0 Å². The molecule has 0 spiro atoms. The molecule has 0 heterocycles. The Hall–Kier alpha value is -0.950. The second-order valence-electron chi connectivity index (χ2n) is 5.10. The number of ether oxygens (including phenoxy) is 1. The van der Waals surface area contributed by atoms with Crippen LogP contribution < -0.4 is 0 Å². The number of sulfonamides is 1. The van der Waals surface area contributed by atoms with Gasteiger partial charge in [-0.2, -0.15) is 4.31 Å². The summed E-state index contributed by atoms with van der Waals surface area (Å²) < 4.78 is 31.7. The summed E-state index contributed by atoms with van der Waals surface area (Å²) >= 11 is 0. The molecular weight excluding hydrogens is 290 g/mol. The Bertz CT molecular complexity index is 530. The van der Waals surface area contributed by atoms with Gasteiger partial charge in [0.2, 0.25) is 10.0 Å². The van der Waals surface area contributed by atoms with Gasteiger partial charge in [0.05, 0.1) is 19.0 Å². The third kappa shape index (κ3) is 5.39. The van der Waals surface area contributed by atoms with Crippen molar-refractivity contribution in [2.24, 2.45) is 0 Å². The molecule has 0 saturated carbocycles. The molecular formula is C15H25NO4S. The van der Waals surface area contributed by atoms with E-state index < -0.39 is 10.0 Å². The molecule has 0 aliphatic carbocycles. The number of rotatable bonds is 9. The van der Waals surface area contributed by atoms with Crippen molar-refractivity contribution in [3.63, 3.8) is 0 Å². The van der Waals surface area contributed by atoms with Crippen molar-refractivity contribution >= 4 is 10.0 Å². The van der Waals surface area contributed by atoms with Crippen LogP contribution >= 0.6 is 0 Å². The maximum atomic E-state index is 12.6. The van der Waals surface area contributed by atoms with Crippen LogP contribution in [-0.2, 0) is 27.1 Å². The predicted octanol–water partition coefficient (Wildman–Crippen LogP) is 1.76. The lowest BCUT2D eigenvalue weighted by molar-refractivity contribution is 0.167. The van der Waals surface area contributed by atoms with Gasteiger partial charge in [0.15, 0.2) is 0 Å². The molecule has 1 N–H and O–H groups in total. The van der Waals surface area contributed by atoms with Gasteiger partial charge >= 0.3 is 0 Å². The number of hydrogen-bond acceptors (Lipinski definition) is 4. The summed E-state index contributed by atoms with van der Waals surface area (Å²) in [6.07, 6.45) is 0.750. The molecule has 0 saturated heterocycles. The van der Waals surface area contributed by atoms with E-state index in [1.807, 2.05) is 13.8 Å². The van der Waals surface area contributed by atoms with Crippen LogP contribution in [0.15, 0.2) is 24.3 Å². The fourth-order valence-electron chi connectivity index (χ4n) is 2.13. The maximum Gasteiger partial charge on any atom is 0.218 e. The quantitative estimate of drug-likeness (QED) is 0.754. The lowest BCUT2D eigenvalue weighted by atomic mass is 10.1. The average Bonchev–Trinajstić information content (AvgIpc) is 2.46. The fourth-order valence-corrected chi connectivity index (χ4v) is 3.95. The van der Waals surface area contributed by atoms with Gasteiger partial charge in [0.25, 0.3) is 0 Å². The zero-order chi connectivity index (χ0) is 15.9. The van der Waals surface area contributed by atoms with Gasteiger partial charge in [-0.1, -0.05) is 31.2 Å². The second-order valence-corrected chi connectivity index (χ2v) is 7.02. The van der Waals surface area contributed by atoms with Crippen LogP contribution in [0.25, 0.3) is 0 Å². The molecule has 1 unspecified atom stereocenters. The van der Waals surface area contributed by atoms with E-state index in [9.17, 15) is 8.42 Å². The minimum absolute atomic E-state index is 0.0606. The molecule has 0 bridgehead atoms. The Morgan fingerprint density at radius 2 is 2.00 bits per heavy atom. The van der Waals surface area contributed by atoms with Crippen molar-refractivity contribution < 1.29 is 18.3 Å². The summed E-state index contributed by atoms with van der Waals surface area (Å²) in [5.41, 5.74) is 1.40. The molecule has 0 aliphatic rings. The first kappa shape index (κ1) is 18.1. The van der Waals surface area contributed by atoms with Crippen LogP contribution in [0.5, 0.6) is 0 Å². The Morgan fingerprint density at radius 3 is 2.57 bits per heavy atom. The van der Waals surface area contributed by atoms with Crippen molar-refractivity contribution in [2.45, 2.75) is 38.7 Å². The molecule has 21 heavy (non-hydrogen) atoms. The SMILES string of the molecule is CCC(C)N(CCOC)S(=O)(=O)Cc1cccc(CO)c1. The third-order valence-corrected chi connectivity index (χ3v) is 5.43. The predicted molar refractivity (Wildman–Crippen MR) is 83.3 cm³/mol. The highest BCUT2D eigenvalue weighted by atomic mass is 32.2. The molecule has 1 rings (SSSR count). The molecule has 5 nitrogen and oxygen atoms in total. The highest BCUT2D eigenvalue weighted by molar-refractivity contribution is 7.88. The first-order chi connectivity index (χ1) is 9.94. The molecule has 0 aliphatic heterocycles. The van der Waals surface area contributed by atoms with Crippen LogP contribution in [0.4, 0.5) is 0 Å². The summed E-state index contributed by atoms with van der Waals surface area (Å²) in [4.78, 5) is 0. The molecule has 1 aromatic carbocycles. The monoisotopic (exact) mass is 315 g/mol. The van der Waals surface area contributed by atoms with E-state index in [4.69, 9.17) is 9.84 Å². The Kier molecular flexibility index (Phi) is 7.31. The van der Waals surface area contributed by atoms with Crippen molar-refractivity contribution in [3.8, 4) is 0 Å². The summed E-state index contributed by atoms with van der Waals surface area (Å²) in [5, 5.41) is 9.14. The summed E-state index contributed by atoms with van der Waals surface area (Å²) in [5.74, 6) is -0.0606. The molecule has 0 fully saturated rings. The molecule has 120 valence electrons. The standard InChI is InChI=1S/C15H25NO4S/c1-4-13(2)16(8-9-20-3)21(18,19)12-15-7-5-6-14(10-15)11-17/h5-7,10,13,17H,4,8-9,11-12H2,1-3H3. The molecule has 1 atom stereocenters. The molecule has 0 amide bonds. The highest BCUT2D eigenvalue weighted by Crippen LogP contribution is 2.16. The van der Waals surface area contributed by atoms with E-state index in [0.717, 1.165) is 12.0 Å². The molecule has 0 radical (unpaired) electrons. The van der Waals surface area contributed by atoms with Gasteiger partial charge in [-0.05, 0) is 24.5 Å². The van der Waals surface area contributed by atoms with E-state index in [0.29, 0.717) is 18.7 Å². The fraction of sp³-hybridized carbons (Fsp3) is 0.600. The molecule has 6 heteroatoms. The van der Waals surface area contributed by atoms with Gasteiger partial charge in [0.1, 0.15) is 0 Å². The summed E-state index contributed by atoms with van der Waals surface area (Å²) in [6, 6.07) is 6.96. The number of methoxy groups -OCH3 is 1. The van der Waals surface area contributed by atoms with Gasteiger partial charge in [-0.3, -0.25) is 0 Å². The summed E-state index contributed by atoms with van der Waals surface area (Å²) in [7, 11) is -1.85. The van der Waals surface area contributed by atoms with E-state index in [1.54, 1.807) is 31.4 Å². The van der Waals surface area contributed by atoms with Crippen molar-refractivity contribution in [1.82, 2.24) is 4.31 Å². The number of aliphatic hydroxyl groups excluding tert-OH is 1. The van der Waals surface area contributed by atoms with Gasteiger partial charge in [-0.15, -0.1) is 0 Å². The van der Waals surface area contributed by atoms with Crippen LogP contribution in [0, 0.1) is 0 Å². The maximum absolute atomic E-state index is 12.6. The number of benzene rings is 1. The lowest BCUT2D eigenvalue weighted by Crippen LogP contribution is -2.41. The number of hydrogen-bond donors (Lipinski definition) is 1. The van der Waals surface area contributed by atoms with Crippen LogP contribution in [-0.4, -0.2) is 44.1 Å². The van der Waals surface area contributed by atoms with E-state index in [-0.39, 0.29) is 18.4 Å². The second kappa shape index (κ2) is 8.48. The van der Waals surface area contributed by atoms with E-state index >= 15 is 0 Å². The minimum Gasteiger partial charge on any atom is -0.392 e. The van der Waals surface area contributed by atoms with Gasteiger partial charge in [-0.25, -0.2) is 8.42 Å². The summed E-state index contributed by atoms with van der Waals surface area (Å²) in [6.45, 7) is 4.50. The van der Waals surface area contributed by atoms with Crippen molar-refractivity contribution in [2.75, 3.05) is 20.3 Å². The smallest absolute Gasteiger partial charge is 0.218 e.